The number of ether oxygens (including phenoxy) is 1. The van der Waals surface area contributed by atoms with Crippen molar-refractivity contribution in [2.45, 2.75) is 18.2 Å². The molecule has 1 fully saturated rings. The van der Waals surface area contributed by atoms with E-state index in [0.29, 0.717) is 21.4 Å². The highest BCUT2D eigenvalue weighted by Crippen LogP contribution is 2.29. The number of carbonyl (C=O) groups is 1. The van der Waals surface area contributed by atoms with Crippen LogP contribution in [0.5, 0.6) is 5.75 Å². The van der Waals surface area contributed by atoms with E-state index in [1.54, 1.807) is 7.11 Å². The molecule has 1 saturated heterocycles. The summed E-state index contributed by atoms with van der Waals surface area (Å²) in [5, 5.41) is 1.89. The van der Waals surface area contributed by atoms with Crippen LogP contribution in [0.1, 0.15) is 23.0 Å². The summed E-state index contributed by atoms with van der Waals surface area (Å²) >= 11 is 5.09. The number of likely N-dealkylation sites (tertiary alicyclic amines) is 1. The number of hydrogen-bond donors (Lipinski definition) is 0. The molecule has 0 bridgehead atoms. The molecule has 0 spiro atoms. The lowest BCUT2D eigenvalue weighted by Gasteiger charge is -2.34. The maximum absolute atomic E-state index is 12.3. The Kier molecular flexibility index (Phi) is 4.09. The van der Waals surface area contributed by atoms with Gasteiger partial charge in [0.2, 0.25) is 0 Å². The van der Waals surface area contributed by atoms with Gasteiger partial charge in [-0.3, -0.25) is 4.79 Å². The molecule has 1 aliphatic rings. The highest BCUT2D eigenvalue weighted by atomic mass is 79.9. The third-order valence-corrected chi connectivity index (χ3v) is 5.27. The molecule has 17 heavy (non-hydrogen) atoms. The molecule has 0 aliphatic carbocycles. The van der Waals surface area contributed by atoms with E-state index in [9.17, 15) is 4.79 Å². The summed E-state index contributed by atoms with van der Waals surface area (Å²) in [6, 6.07) is 1.84. The Morgan fingerprint density at radius 1 is 1.65 bits per heavy atom. The van der Waals surface area contributed by atoms with Gasteiger partial charge in [0, 0.05) is 17.9 Å². The maximum Gasteiger partial charge on any atom is 0.267 e. The highest BCUT2D eigenvalue weighted by Gasteiger charge is 2.29. The molecule has 0 saturated carbocycles. The Bertz CT molecular complexity index is 407. The van der Waals surface area contributed by atoms with E-state index in [2.05, 4.69) is 22.9 Å². The van der Waals surface area contributed by atoms with Crippen LogP contribution in [0.15, 0.2) is 11.4 Å². The highest BCUT2D eigenvalue weighted by molar-refractivity contribution is 9.09. The van der Waals surface area contributed by atoms with E-state index < -0.39 is 0 Å². The first-order valence-corrected chi connectivity index (χ1v) is 7.48. The van der Waals surface area contributed by atoms with Crippen molar-refractivity contribution in [2.24, 2.45) is 5.92 Å². The molecule has 2 unspecified atom stereocenters. The number of thiophene rings is 1. The van der Waals surface area contributed by atoms with Gasteiger partial charge in [-0.15, -0.1) is 11.3 Å². The molecule has 1 aromatic heterocycles. The second-order valence-electron chi connectivity index (χ2n) is 4.35. The van der Waals surface area contributed by atoms with Crippen LogP contribution in [0.2, 0.25) is 0 Å². The van der Waals surface area contributed by atoms with Crippen molar-refractivity contribution in [3.8, 4) is 5.75 Å². The van der Waals surface area contributed by atoms with Gasteiger partial charge in [-0.2, -0.15) is 0 Å². The number of rotatable bonds is 2. The van der Waals surface area contributed by atoms with E-state index >= 15 is 0 Å². The SMILES string of the molecule is COc1ccsc1C(=O)N1CCC(C)C(Br)C1. The minimum absolute atomic E-state index is 0.0909. The van der Waals surface area contributed by atoms with E-state index in [-0.39, 0.29) is 5.91 Å². The van der Waals surface area contributed by atoms with Gasteiger partial charge in [0.1, 0.15) is 10.6 Å². The zero-order valence-electron chi connectivity index (χ0n) is 9.98. The molecule has 5 heteroatoms. The molecule has 94 valence electrons. The molecule has 0 aromatic carbocycles. The van der Waals surface area contributed by atoms with Crippen LogP contribution >= 0.6 is 27.3 Å². The van der Waals surface area contributed by atoms with Gasteiger partial charge in [-0.05, 0) is 23.8 Å². The maximum atomic E-state index is 12.3. The summed E-state index contributed by atoms with van der Waals surface area (Å²) in [4.78, 5) is 15.3. The van der Waals surface area contributed by atoms with Gasteiger partial charge in [-0.25, -0.2) is 0 Å². The molecule has 2 heterocycles. The van der Waals surface area contributed by atoms with Crippen LogP contribution in [0.25, 0.3) is 0 Å². The molecular formula is C12H16BrNO2S. The number of alkyl halides is 1. The van der Waals surface area contributed by atoms with Crippen LogP contribution in [0, 0.1) is 5.92 Å². The Labute approximate surface area is 114 Å². The van der Waals surface area contributed by atoms with Gasteiger partial charge in [0.25, 0.3) is 5.91 Å². The van der Waals surface area contributed by atoms with Gasteiger partial charge in [0.05, 0.1) is 7.11 Å². The minimum Gasteiger partial charge on any atom is -0.495 e. The molecule has 2 atom stereocenters. The topological polar surface area (TPSA) is 29.5 Å². The van der Waals surface area contributed by atoms with Crippen molar-refractivity contribution < 1.29 is 9.53 Å². The predicted octanol–water partition coefficient (Wildman–Crippen LogP) is 3.00. The standard InChI is InChI=1S/C12H16BrNO2S/c1-8-3-5-14(7-9(8)13)12(15)11-10(16-2)4-6-17-11/h4,6,8-9H,3,5,7H2,1-2H3. The lowest BCUT2D eigenvalue weighted by atomic mass is 9.99. The van der Waals surface area contributed by atoms with Crippen molar-refractivity contribution >= 4 is 33.2 Å². The smallest absolute Gasteiger partial charge is 0.267 e. The summed E-state index contributed by atoms with van der Waals surface area (Å²) < 4.78 is 5.20. The summed E-state index contributed by atoms with van der Waals surface area (Å²) in [7, 11) is 1.60. The number of amides is 1. The summed E-state index contributed by atoms with van der Waals surface area (Å²) in [6.07, 6.45) is 1.05. The van der Waals surface area contributed by atoms with E-state index in [1.165, 1.54) is 11.3 Å². The average molecular weight is 318 g/mol. The fraction of sp³-hybridized carbons (Fsp3) is 0.583. The quantitative estimate of drug-likeness (QED) is 0.785. The monoisotopic (exact) mass is 317 g/mol. The molecule has 0 N–H and O–H groups in total. The third-order valence-electron chi connectivity index (χ3n) is 3.20. The second-order valence-corrected chi connectivity index (χ2v) is 6.44. The van der Waals surface area contributed by atoms with Gasteiger partial charge < -0.3 is 9.64 Å². The zero-order valence-corrected chi connectivity index (χ0v) is 12.4. The van der Waals surface area contributed by atoms with Crippen molar-refractivity contribution in [1.29, 1.82) is 0 Å². The van der Waals surface area contributed by atoms with Crippen molar-refractivity contribution in [3.05, 3.63) is 16.3 Å². The molecular weight excluding hydrogens is 302 g/mol. The van der Waals surface area contributed by atoms with Crippen LogP contribution in [-0.2, 0) is 0 Å². The summed E-state index contributed by atoms with van der Waals surface area (Å²) in [5.74, 6) is 1.40. The number of piperidine rings is 1. The van der Waals surface area contributed by atoms with E-state index in [1.807, 2.05) is 16.3 Å². The Morgan fingerprint density at radius 3 is 3.06 bits per heavy atom. The van der Waals surface area contributed by atoms with E-state index in [4.69, 9.17) is 4.74 Å². The largest absolute Gasteiger partial charge is 0.495 e. The summed E-state index contributed by atoms with van der Waals surface area (Å²) in [5.41, 5.74) is 0. The molecule has 0 radical (unpaired) electrons. The average Bonchev–Trinajstić information content (AvgIpc) is 2.80. The Morgan fingerprint density at radius 2 is 2.41 bits per heavy atom. The Balaban J connectivity index is 2.10. The zero-order chi connectivity index (χ0) is 12.4. The van der Waals surface area contributed by atoms with Crippen molar-refractivity contribution in [1.82, 2.24) is 4.90 Å². The number of methoxy groups -OCH3 is 1. The summed E-state index contributed by atoms with van der Waals surface area (Å²) in [6.45, 7) is 3.83. The first kappa shape index (κ1) is 12.9. The van der Waals surface area contributed by atoms with E-state index in [0.717, 1.165) is 19.5 Å². The molecule has 1 aromatic rings. The van der Waals surface area contributed by atoms with Gasteiger partial charge in [-0.1, -0.05) is 22.9 Å². The normalized spacial score (nSPS) is 24.8. The number of carbonyl (C=O) groups excluding carboxylic acids is 1. The van der Waals surface area contributed by atoms with Crippen LogP contribution in [0.4, 0.5) is 0 Å². The van der Waals surface area contributed by atoms with Gasteiger partial charge >= 0.3 is 0 Å². The van der Waals surface area contributed by atoms with Crippen LogP contribution in [0.3, 0.4) is 0 Å². The predicted molar refractivity (Wildman–Crippen MR) is 73.3 cm³/mol. The fourth-order valence-electron chi connectivity index (χ4n) is 1.96. The third kappa shape index (κ3) is 2.65. The fourth-order valence-corrected chi connectivity index (χ4v) is 3.40. The number of hydrogen-bond acceptors (Lipinski definition) is 3. The lowest BCUT2D eigenvalue weighted by Crippen LogP contribution is -2.43. The molecule has 3 nitrogen and oxygen atoms in total. The van der Waals surface area contributed by atoms with Crippen molar-refractivity contribution in [2.75, 3.05) is 20.2 Å². The molecule has 2 rings (SSSR count). The number of halogens is 1. The molecule has 1 amide bonds. The minimum atomic E-state index is 0.0909. The second kappa shape index (κ2) is 5.40. The number of nitrogens with zero attached hydrogens (tertiary/aromatic N) is 1. The molecule has 1 aliphatic heterocycles. The van der Waals surface area contributed by atoms with Gasteiger partial charge in [0.15, 0.2) is 0 Å². The first-order chi connectivity index (χ1) is 8.13. The van der Waals surface area contributed by atoms with Crippen LogP contribution in [-0.4, -0.2) is 35.8 Å². The first-order valence-electron chi connectivity index (χ1n) is 5.68. The van der Waals surface area contributed by atoms with Crippen LogP contribution < -0.4 is 4.74 Å². The Hall–Kier alpha value is -0.550. The van der Waals surface area contributed by atoms with Crippen molar-refractivity contribution in [3.63, 3.8) is 0 Å². The lowest BCUT2D eigenvalue weighted by molar-refractivity contribution is 0.0708.